The average molecular weight is 378 g/mol. The Kier molecular flexibility index (Phi) is 6.11. The number of rotatable bonds is 6. The number of hydrogen-bond donors (Lipinski definition) is 0. The highest BCUT2D eigenvalue weighted by molar-refractivity contribution is 5.29. The molecule has 1 aromatic carbocycles. The number of aryl methyl sites for hydroxylation is 2. The molecule has 1 unspecified atom stereocenters. The molecule has 27 heavy (non-hydrogen) atoms. The molecule has 2 heterocycles. The number of nitrogens with zero attached hydrogens (tertiary/aromatic N) is 4. The van der Waals surface area contributed by atoms with Gasteiger partial charge in [0.1, 0.15) is 5.75 Å². The highest BCUT2D eigenvalue weighted by atomic mass is 19.3. The molecule has 1 aliphatic rings. The number of alkyl halides is 2. The Balaban J connectivity index is 1.55. The van der Waals surface area contributed by atoms with E-state index in [1.807, 2.05) is 23.9 Å². The topological polar surface area (TPSA) is 33.5 Å². The van der Waals surface area contributed by atoms with Crippen molar-refractivity contribution in [2.45, 2.75) is 40.0 Å². The molecular formula is C20H28F2N4O. The summed E-state index contributed by atoms with van der Waals surface area (Å²) in [6.45, 7) is 8.48. The molecule has 3 rings (SSSR count). The van der Waals surface area contributed by atoms with Crippen LogP contribution in [-0.4, -0.2) is 52.4 Å². The summed E-state index contributed by atoms with van der Waals surface area (Å²) < 4.78 is 30.9. The molecular weight excluding hydrogens is 350 g/mol. The molecule has 0 N–H and O–H groups in total. The number of hydrogen-bond acceptors (Lipinski definition) is 4. The molecule has 0 spiro atoms. The molecule has 0 saturated carbocycles. The fourth-order valence-corrected chi connectivity index (χ4v) is 3.72. The van der Waals surface area contributed by atoms with Crippen LogP contribution in [0.15, 0.2) is 24.3 Å². The van der Waals surface area contributed by atoms with Crippen molar-refractivity contribution in [2.75, 3.05) is 26.2 Å². The summed E-state index contributed by atoms with van der Waals surface area (Å²) in [5.41, 5.74) is 4.78. The molecule has 5 nitrogen and oxygen atoms in total. The van der Waals surface area contributed by atoms with Crippen LogP contribution in [0.1, 0.15) is 35.5 Å². The van der Waals surface area contributed by atoms with Gasteiger partial charge in [-0.15, -0.1) is 0 Å². The average Bonchev–Trinajstić information content (AvgIpc) is 2.88. The van der Waals surface area contributed by atoms with Crippen LogP contribution in [-0.2, 0) is 13.6 Å². The molecule has 0 aliphatic carbocycles. The van der Waals surface area contributed by atoms with Gasteiger partial charge in [0.25, 0.3) is 0 Å². The molecule has 1 fully saturated rings. The minimum absolute atomic E-state index is 0.202. The second-order valence-electron chi connectivity index (χ2n) is 7.21. The summed E-state index contributed by atoms with van der Waals surface area (Å²) in [7, 11) is 1.99. The maximum atomic E-state index is 12.3. The lowest BCUT2D eigenvalue weighted by atomic mass is 10.1. The molecule has 2 aromatic rings. The maximum Gasteiger partial charge on any atom is 0.387 e. The Bertz CT molecular complexity index is 752. The molecule has 0 bridgehead atoms. The van der Waals surface area contributed by atoms with Gasteiger partial charge in [0.15, 0.2) is 0 Å². The van der Waals surface area contributed by atoms with E-state index < -0.39 is 6.61 Å². The smallest absolute Gasteiger partial charge is 0.387 e. The fraction of sp³-hybridized carbons (Fsp3) is 0.550. The number of piperazine rings is 1. The van der Waals surface area contributed by atoms with Crippen molar-refractivity contribution in [3.8, 4) is 5.75 Å². The predicted octanol–water partition coefficient (Wildman–Crippen LogP) is 3.52. The van der Waals surface area contributed by atoms with E-state index in [2.05, 4.69) is 40.4 Å². The first-order valence-corrected chi connectivity index (χ1v) is 9.35. The van der Waals surface area contributed by atoms with E-state index >= 15 is 0 Å². The van der Waals surface area contributed by atoms with Crippen molar-refractivity contribution >= 4 is 0 Å². The van der Waals surface area contributed by atoms with Gasteiger partial charge in [0.2, 0.25) is 0 Å². The summed E-state index contributed by atoms with van der Waals surface area (Å²) >= 11 is 0. The van der Waals surface area contributed by atoms with Gasteiger partial charge in [-0.1, -0.05) is 12.1 Å². The molecule has 1 aliphatic heterocycles. The van der Waals surface area contributed by atoms with Crippen LogP contribution in [0.5, 0.6) is 5.75 Å². The van der Waals surface area contributed by atoms with Gasteiger partial charge in [0, 0.05) is 57.1 Å². The standard InChI is InChI=1S/C20H28F2N4O/c1-14-19(16(3)24(4)23-14)13-25-9-11-26(12-10-25)15(2)17-5-7-18(8-6-17)27-20(21)22/h5-8,15,20H,9-13H2,1-4H3. The van der Waals surface area contributed by atoms with E-state index in [1.54, 1.807) is 12.1 Å². The van der Waals surface area contributed by atoms with Crippen molar-refractivity contribution in [1.82, 2.24) is 19.6 Å². The lowest BCUT2D eigenvalue weighted by Gasteiger charge is -2.38. The highest BCUT2D eigenvalue weighted by Gasteiger charge is 2.23. The Morgan fingerprint density at radius 2 is 1.70 bits per heavy atom. The first-order chi connectivity index (χ1) is 12.8. The second kappa shape index (κ2) is 8.35. The molecule has 1 atom stereocenters. The van der Waals surface area contributed by atoms with Gasteiger partial charge in [-0.3, -0.25) is 14.5 Å². The van der Waals surface area contributed by atoms with Gasteiger partial charge < -0.3 is 4.74 Å². The van der Waals surface area contributed by atoms with Crippen molar-refractivity contribution < 1.29 is 13.5 Å². The summed E-state index contributed by atoms with van der Waals surface area (Å²) in [6.07, 6.45) is 0. The van der Waals surface area contributed by atoms with E-state index in [0.29, 0.717) is 0 Å². The van der Waals surface area contributed by atoms with Gasteiger partial charge in [-0.25, -0.2) is 0 Å². The highest BCUT2D eigenvalue weighted by Crippen LogP contribution is 2.25. The van der Waals surface area contributed by atoms with Crippen LogP contribution in [0.3, 0.4) is 0 Å². The third kappa shape index (κ3) is 4.65. The molecule has 1 saturated heterocycles. The minimum atomic E-state index is -2.78. The normalized spacial score (nSPS) is 17.4. The Morgan fingerprint density at radius 1 is 1.07 bits per heavy atom. The number of ether oxygens (including phenoxy) is 1. The van der Waals surface area contributed by atoms with Crippen molar-refractivity contribution in [1.29, 1.82) is 0 Å². The summed E-state index contributed by atoms with van der Waals surface area (Å²) in [5.74, 6) is 0.202. The van der Waals surface area contributed by atoms with E-state index in [-0.39, 0.29) is 11.8 Å². The van der Waals surface area contributed by atoms with Crippen LogP contribution in [0.25, 0.3) is 0 Å². The van der Waals surface area contributed by atoms with Gasteiger partial charge in [0.05, 0.1) is 5.69 Å². The first-order valence-electron chi connectivity index (χ1n) is 9.35. The maximum absolute atomic E-state index is 12.3. The number of halogens is 2. The Hall–Kier alpha value is -1.99. The predicted molar refractivity (Wildman–Crippen MR) is 101 cm³/mol. The molecule has 7 heteroatoms. The summed E-state index contributed by atoms with van der Waals surface area (Å²) in [6, 6.07) is 7.22. The lowest BCUT2D eigenvalue weighted by Crippen LogP contribution is -2.46. The SMILES string of the molecule is Cc1nn(C)c(C)c1CN1CCN(C(C)c2ccc(OC(F)F)cc2)CC1. The van der Waals surface area contributed by atoms with Crippen LogP contribution in [0.2, 0.25) is 0 Å². The number of aromatic nitrogens is 2. The van der Waals surface area contributed by atoms with E-state index in [1.165, 1.54) is 11.3 Å². The molecule has 1 aromatic heterocycles. The van der Waals surface area contributed by atoms with Crippen molar-refractivity contribution in [3.63, 3.8) is 0 Å². The summed E-state index contributed by atoms with van der Waals surface area (Å²) in [4.78, 5) is 4.91. The zero-order chi connectivity index (χ0) is 19.6. The fourth-order valence-electron chi connectivity index (χ4n) is 3.72. The molecule has 0 radical (unpaired) electrons. The van der Waals surface area contributed by atoms with Crippen LogP contribution >= 0.6 is 0 Å². The van der Waals surface area contributed by atoms with Crippen molar-refractivity contribution in [2.24, 2.45) is 7.05 Å². The molecule has 0 amide bonds. The van der Waals surface area contributed by atoms with Crippen molar-refractivity contribution in [3.05, 3.63) is 46.8 Å². The van der Waals surface area contributed by atoms with Gasteiger partial charge in [-0.2, -0.15) is 13.9 Å². The second-order valence-corrected chi connectivity index (χ2v) is 7.21. The van der Waals surface area contributed by atoms with Crippen LogP contribution < -0.4 is 4.74 Å². The largest absolute Gasteiger partial charge is 0.435 e. The minimum Gasteiger partial charge on any atom is -0.435 e. The Morgan fingerprint density at radius 3 is 2.22 bits per heavy atom. The zero-order valence-corrected chi connectivity index (χ0v) is 16.5. The van der Waals surface area contributed by atoms with Crippen LogP contribution in [0, 0.1) is 13.8 Å². The molecule has 148 valence electrons. The van der Waals surface area contributed by atoms with Gasteiger partial charge >= 0.3 is 6.61 Å². The third-order valence-corrected chi connectivity index (χ3v) is 5.58. The quantitative estimate of drug-likeness (QED) is 0.770. The van der Waals surface area contributed by atoms with E-state index in [4.69, 9.17) is 0 Å². The van der Waals surface area contributed by atoms with Crippen LogP contribution in [0.4, 0.5) is 8.78 Å². The lowest BCUT2D eigenvalue weighted by molar-refractivity contribution is -0.0498. The monoisotopic (exact) mass is 378 g/mol. The van der Waals surface area contributed by atoms with E-state index in [9.17, 15) is 8.78 Å². The van der Waals surface area contributed by atoms with Gasteiger partial charge in [-0.05, 0) is 38.5 Å². The third-order valence-electron chi connectivity index (χ3n) is 5.58. The Labute approximate surface area is 159 Å². The summed E-state index contributed by atoms with van der Waals surface area (Å²) in [5, 5.41) is 4.51. The van der Waals surface area contributed by atoms with E-state index in [0.717, 1.165) is 44.0 Å². The first kappa shape index (κ1) is 19.8. The number of benzene rings is 1. The zero-order valence-electron chi connectivity index (χ0n) is 16.5.